The molecule has 0 fully saturated rings. The molecule has 1 aromatic heterocycles. The van der Waals surface area contributed by atoms with Crippen molar-refractivity contribution in [1.82, 2.24) is 9.55 Å². The smallest absolute Gasteiger partial charge is 0.356 e. The van der Waals surface area contributed by atoms with Gasteiger partial charge in [-0.1, -0.05) is 0 Å². The summed E-state index contributed by atoms with van der Waals surface area (Å²) in [6.07, 6.45) is 1.97. The molecule has 0 saturated carbocycles. The number of imidazole rings is 1. The zero-order chi connectivity index (χ0) is 13.3. The van der Waals surface area contributed by atoms with E-state index in [0.29, 0.717) is 0 Å². The van der Waals surface area contributed by atoms with Gasteiger partial charge in [0, 0.05) is 6.20 Å². The number of rotatable bonds is 2. The minimum absolute atomic E-state index is 0.160. The standard InChI is InChI=1S/C11H5F2N3O2/c12-7-1-6(3-14)2-8(13)10(7)16-4-9(11(17)18)15-5-16/h1-2,4-5H,(H,17,18). The van der Waals surface area contributed by atoms with E-state index < -0.39 is 23.3 Å². The van der Waals surface area contributed by atoms with Crippen LogP contribution in [-0.2, 0) is 0 Å². The van der Waals surface area contributed by atoms with Crippen molar-refractivity contribution in [3.05, 3.63) is 47.5 Å². The monoisotopic (exact) mass is 249 g/mol. The maximum Gasteiger partial charge on any atom is 0.356 e. The molecule has 0 saturated heterocycles. The Morgan fingerprint density at radius 2 is 2.00 bits per heavy atom. The number of carboxylic acids is 1. The highest BCUT2D eigenvalue weighted by Gasteiger charge is 2.15. The van der Waals surface area contributed by atoms with Crippen LogP contribution in [0.1, 0.15) is 16.1 Å². The van der Waals surface area contributed by atoms with Crippen LogP contribution in [0.4, 0.5) is 8.78 Å². The lowest BCUT2D eigenvalue weighted by Crippen LogP contribution is -2.01. The summed E-state index contributed by atoms with van der Waals surface area (Å²) in [4.78, 5) is 14.1. The van der Waals surface area contributed by atoms with E-state index in [2.05, 4.69) is 4.98 Å². The zero-order valence-electron chi connectivity index (χ0n) is 8.76. The van der Waals surface area contributed by atoms with E-state index >= 15 is 0 Å². The fraction of sp³-hybridized carbons (Fsp3) is 0. The molecule has 1 aromatic carbocycles. The van der Waals surface area contributed by atoms with Crippen molar-refractivity contribution < 1.29 is 18.7 Å². The summed E-state index contributed by atoms with van der Waals surface area (Å²) in [6, 6.07) is 3.33. The molecule has 0 aliphatic rings. The van der Waals surface area contributed by atoms with Crippen LogP contribution >= 0.6 is 0 Å². The third-order valence-electron chi connectivity index (χ3n) is 2.21. The summed E-state index contributed by atoms with van der Waals surface area (Å²) in [6.45, 7) is 0. The Kier molecular flexibility index (Phi) is 2.77. The normalized spacial score (nSPS) is 10.1. The van der Waals surface area contributed by atoms with Gasteiger partial charge in [0.2, 0.25) is 0 Å². The molecule has 0 bridgehead atoms. The van der Waals surface area contributed by atoms with E-state index in [1.54, 1.807) is 6.07 Å². The van der Waals surface area contributed by atoms with E-state index in [0.717, 1.165) is 29.2 Å². The number of benzene rings is 1. The number of carboxylic acid groups (broad SMARTS) is 1. The Labute approximate surface area is 99.5 Å². The summed E-state index contributed by atoms with van der Waals surface area (Å²) in [5.41, 5.74) is -0.973. The second kappa shape index (κ2) is 4.25. The zero-order valence-corrected chi connectivity index (χ0v) is 8.76. The lowest BCUT2D eigenvalue weighted by molar-refractivity contribution is 0.0691. The average molecular weight is 249 g/mol. The molecule has 0 spiro atoms. The summed E-state index contributed by atoms with van der Waals surface area (Å²) < 4.78 is 28.1. The summed E-state index contributed by atoms with van der Waals surface area (Å²) in [5, 5.41) is 17.2. The predicted molar refractivity (Wildman–Crippen MR) is 55.2 cm³/mol. The third-order valence-corrected chi connectivity index (χ3v) is 2.21. The number of hydrogen-bond acceptors (Lipinski definition) is 3. The van der Waals surface area contributed by atoms with E-state index in [-0.39, 0.29) is 11.3 Å². The Bertz CT molecular complexity index is 650. The molecule has 18 heavy (non-hydrogen) atoms. The van der Waals surface area contributed by atoms with Crippen LogP contribution in [0.3, 0.4) is 0 Å². The van der Waals surface area contributed by atoms with Crippen molar-refractivity contribution in [2.24, 2.45) is 0 Å². The maximum absolute atomic E-state index is 13.6. The van der Waals surface area contributed by atoms with Gasteiger partial charge in [-0.25, -0.2) is 18.6 Å². The van der Waals surface area contributed by atoms with Gasteiger partial charge in [0.05, 0.1) is 11.6 Å². The highest BCUT2D eigenvalue weighted by molar-refractivity contribution is 5.85. The molecule has 1 N–H and O–H groups in total. The SMILES string of the molecule is N#Cc1cc(F)c(-n2cnc(C(=O)O)c2)c(F)c1. The van der Waals surface area contributed by atoms with Gasteiger partial charge >= 0.3 is 5.97 Å². The minimum Gasteiger partial charge on any atom is -0.476 e. The lowest BCUT2D eigenvalue weighted by atomic mass is 10.2. The maximum atomic E-state index is 13.6. The number of aromatic nitrogens is 2. The average Bonchev–Trinajstić information content (AvgIpc) is 2.77. The van der Waals surface area contributed by atoms with Crippen LogP contribution in [0.25, 0.3) is 5.69 Å². The van der Waals surface area contributed by atoms with Crippen LogP contribution in [0, 0.1) is 23.0 Å². The lowest BCUT2D eigenvalue weighted by Gasteiger charge is -2.05. The van der Waals surface area contributed by atoms with Gasteiger partial charge in [-0.05, 0) is 12.1 Å². The number of nitriles is 1. The molecule has 1 heterocycles. The Morgan fingerprint density at radius 1 is 1.39 bits per heavy atom. The van der Waals surface area contributed by atoms with Gasteiger partial charge in [-0.3, -0.25) is 0 Å². The van der Waals surface area contributed by atoms with Gasteiger partial charge in [-0.2, -0.15) is 5.26 Å². The van der Waals surface area contributed by atoms with Crippen LogP contribution < -0.4 is 0 Å². The third kappa shape index (κ3) is 1.91. The fourth-order valence-corrected chi connectivity index (χ4v) is 1.43. The van der Waals surface area contributed by atoms with Crippen LogP contribution in [0.2, 0.25) is 0 Å². The molecule has 0 radical (unpaired) electrons. The molecule has 0 aliphatic carbocycles. The molecular formula is C11H5F2N3O2. The molecule has 90 valence electrons. The number of halogens is 2. The predicted octanol–water partition coefficient (Wildman–Crippen LogP) is 1.72. The molecule has 2 aromatic rings. The molecular weight excluding hydrogens is 244 g/mol. The molecule has 0 unspecified atom stereocenters. The molecule has 2 rings (SSSR count). The van der Waals surface area contributed by atoms with Crippen molar-refractivity contribution in [2.45, 2.75) is 0 Å². The summed E-state index contributed by atoms with van der Waals surface area (Å²) in [5.74, 6) is -3.25. The van der Waals surface area contributed by atoms with Gasteiger partial charge in [0.1, 0.15) is 12.0 Å². The van der Waals surface area contributed by atoms with Crippen molar-refractivity contribution >= 4 is 5.97 Å². The highest BCUT2D eigenvalue weighted by atomic mass is 19.1. The Morgan fingerprint density at radius 3 is 2.44 bits per heavy atom. The second-order valence-electron chi connectivity index (χ2n) is 3.37. The molecule has 0 atom stereocenters. The van der Waals surface area contributed by atoms with E-state index in [1.807, 2.05) is 0 Å². The van der Waals surface area contributed by atoms with Gasteiger partial charge in [-0.15, -0.1) is 0 Å². The highest BCUT2D eigenvalue weighted by Crippen LogP contribution is 2.19. The Balaban J connectivity index is 2.57. The first kappa shape index (κ1) is 11.7. The van der Waals surface area contributed by atoms with Crippen molar-refractivity contribution in [3.8, 4) is 11.8 Å². The van der Waals surface area contributed by atoms with Gasteiger partial charge < -0.3 is 9.67 Å². The molecule has 7 heteroatoms. The van der Waals surface area contributed by atoms with Gasteiger partial charge in [0.15, 0.2) is 17.3 Å². The number of hydrogen-bond donors (Lipinski definition) is 1. The number of nitrogens with zero attached hydrogens (tertiary/aromatic N) is 3. The number of aromatic carboxylic acids is 1. The first-order chi connectivity index (χ1) is 8.52. The van der Waals surface area contributed by atoms with E-state index in [9.17, 15) is 13.6 Å². The molecule has 0 aliphatic heterocycles. The summed E-state index contributed by atoms with van der Waals surface area (Å²) in [7, 11) is 0. The van der Waals surface area contributed by atoms with Crippen molar-refractivity contribution in [3.63, 3.8) is 0 Å². The van der Waals surface area contributed by atoms with E-state index in [4.69, 9.17) is 10.4 Å². The van der Waals surface area contributed by atoms with Gasteiger partial charge in [0.25, 0.3) is 0 Å². The number of carbonyl (C=O) groups is 1. The largest absolute Gasteiger partial charge is 0.476 e. The van der Waals surface area contributed by atoms with Crippen LogP contribution in [0.5, 0.6) is 0 Å². The second-order valence-corrected chi connectivity index (χ2v) is 3.37. The first-order valence-electron chi connectivity index (χ1n) is 4.69. The summed E-state index contributed by atoms with van der Waals surface area (Å²) >= 11 is 0. The van der Waals surface area contributed by atoms with Crippen LogP contribution in [0.15, 0.2) is 24.7 Å². The topological polar surface area (TPSA) is 78.9 Å². The molecule has 0 amide bonds. The first-order valence-corrected chi connectivity index (χ1v) is 4.69. The van der Waals surface area contributed by atoms with Crippen molar-refractivity contribution in [2.75, 3.05) is 0 Å². The fourth-order valence-electron chi connectivity index (χ4n) is 1.43. The Hall–Kier alpha value is -2.75. The van der Waals surface area contributed by atoms with Crippen LogP contribution in [-0.4, -0.2) is 20.6 Å². The van der Waals surface area contributed by atoms with E-state index in [1.165, 1.54) is 0 Å². The molecule has 5 nitrogen and oxygen atoms in total. The quantitative estimate of drug-likeness (QED) is 0.878. The minimum atomic E-state index is -1.30. The van der Waals surface area contributed by atoms with Crippen molar-refractivity contribution in [1.29, 1.82) is 5.26 Å².